The van der Waals surface area contributed by atoms with Crippen LogP contribution in [0.15, 0.2) is 12.3 Å². The van der Waals surface area contributed by atoms with Crippen LogP contribution in [-0.2, 0) is 4.74 Å². The molecule has 1 aromatic rings. The van der Waals surface area contributed by atoms with E-state index in [0.717, 1.165) is 6.07 Å². The minimum Gasteiger partial charge on any atom is -0.378 e. The van der Waals surface area contributed by atoms with E-state index >= 15 is 0 Å². The summed E-state index contributed by atoms with van der Waals surface area (Å²) in [5.41, 5.74) is 0.124. The van der Waals surface area contributed by atoms with Crippen LogP contribution in [-0.4, -0.2) is 18.2 Å². The minimum absolute atomic E-state index is 0.135. The molecule has 1 aromatic heterocycles. The zero-order valence-corrected chi connectivity index (χ0v) is 8.94. The number of pyridine rings is 1. The second kappa shape index (κ2) is 3.80. The summed E-state index contributed by atoms with van der Waals surface area (Å²) in [6.07, 6.45) is 1.34. The van der Waals surface area contributed by atoms with Crippen molar-refractivity contribution >= 4 is 11.6 Å². The molecule has 0 N–H and O–H groups in total. The molecule has 1 fully saturated rings. The number of hydrogen-bond acceptors (Lipinski definition) is 2. The average molecular weight is 226 g/mol. The Hall–Kier alpha value is -1.11. The fourth-order valence-corrected chi connectivity index (χ4v) is 1.34. The second-order valence-corrected chi connectivity index (χ2v) is 4.18. The van der Waals surface area contributed by atoms with Gasteiger partial charge >= 0.3 is 0 Å². The van der Waals surface area contributed by atoms with E-state index in [1.807, 2.05) is 6.92 Å². The quantitative estimate of drug-likeness (QED) is 0.499. The Morgan fingerprint density at radius 3 is 2.87 bits per heavy atom. The van der Waals surface area contributed by atoms with Crippen molar-refractivity contribution in [2.75, 3.05) is 13.2 Å². The Morgan fingerprint density at radius 2 is 2.33 bits per heavy atom. The van der Waals surface area contributed by atoms with Crippen molar-refractivity contribution in [3.63, 3.8) is 0 Å². The topological polar surface area (TPSA) is 22.1 Å². The van der Waals surface area contributed by atoms with Crippen molar-refractivity contribution in [2.45, 2.75) is 6.92 Å². The number of ether oxygens (including phenoxy) is 1. The first kappa shape index (κ1) is 10.4. The van der Waals surface area contributed by atoms with Crippen LogP contribution >= 0.6 is 11.6 Å². The fourth-order valence-electron chi connectivity index (χ4n) is 1.20. The highest BCUT2D eigenvalue weighted by Gasteiger charge is 2.31. The lowest BCUT2D eigenvalue weighted by molar-refractivity contribution is -0.0648. The van der Waals surface area contributed by atoms with Gasteiger partial charge < -0.3 is 4.74 Å². The number of aromatic nitrogens is 1. The van der Waals surface area contributed by atoms with Crippen molar-refractivity contribution in [3.05, 3.63) is 28.8 Å². The highest BCUT2D eigenvalue weighted by Crippen LogP contribution is 2.25. The molecule has 0 spiro atoms. The molecule has 0 saturated carbocycles. The molecular formula is C11H9ClFNO. The van der Waals surface area contributed by atoms with Gasteiger partial charge in [0, 0.05) is 12.3 Å². The summed E-state index contributed by atoms with van der Waals surface area (Å²) in [5.74, 6) is 5.29. The third-order valence-electron chi connectivity index (χ3n) is 2.16. The van der Waals surface area contributed by atoms with Crippen LogP contribution in [0.5, 0.6) is 0 Å². The summed E-state index contributed by atoms with van der Waals surface area (Å²) in [7, 11) is 0. The fraction of sp³-hybridized carbons (Fsp3) is 0.364. The molecule has 1 saturated heterocycles. The molecular weight excluding hydrogens is 217 g/mol. The van der Waals surface area contributed by atoms with Gasteiger partial charge in [-0.1, -0.05) is 23.4 Å². The Labute approximate surface area is 92.4 Å². The maximum absolute atomic E-state index is 13.3. The average Bonchev–Trinajstić information content (AvgIpc) is 2.14. The van der Waals surface area contributed by atoms with E-state index in [9.17, 15) is 4.39 Å². The molecule has 0 bridgehead atoms. The molecule has 0 amide bonds. The van der Waals surface area contributed by atoms with E-state index < -0.39 is 5.82 Å². The van der Waals surface area contributed by atoms with E-state index in [4.69, 9.17) is 16.3 Å². The molecule has 4 heteroatoms. The lowest BCUT2D eigenvalue weighted by Crippen LogP contribution is -2.38. The van der Waals surface area contributed by atoms with Gasteiger partial charge in [0.05, 0.1) is 24.2 Å². The number of hydrogen-bond donors (Lipinski definition) is 0. The summed E-state index contributed by atoms with van der Waals surface area (Å²) >= 11 is 5.53. The molecule has 2 nitrogen and oxygen atoms in total. The van der Waals surface area contributed by atoms with Crippen LogP contribution in [0.25, 0.3) is 0 Å². The molecule has 1 aliphatic heterocycles. The highest BCUT2D eigenvalue weighted by atomic mass is 35.5. The SMILES string of the molecule is CC1(C#Cc2cnc(Cl)cc2F)COC1. The normalized spacial score (nSPS) is 17.5. The molecule has 78 valence electrons. The van der Waals surface area contributed by atoms with Gasteiger partial charge in [0.1, 0.15) is 11.0 Å². The maximum atomic E-state index is 13.3. The van der Waals surface area contributed by atoms with Crippen molar-refractivity contribution < 1.29 is 9.13 Å². The largest absolute Gasteiger partial charge is 0.378 e. The third kappa shape index (κ3) is 2.28. The molecule has 0 radical (unpaired) electrons. The lowest BCUT2D eigenvalue weighted by atomic mass is 9.89. The first-order chi connectivity index (χ1) is 7.09. The zero-order valence-electron chi connectivity index (χ0n) is 8.18. The van der Waals surface area contributed by atoms with E-state index in [2.05, 4.69) is 16.8 Å². The molecule has 0 atom stereocenters. The predicted octanol–water partition coefficient (Wildman–Crippen LogP) is 2.26. The van der Waals surface area contributed by atoms with Crippen LogP contribution in [0.4, 0.5) is 4.39 Å². The van der Waals surface area contributed by atoms with E-state index in [1.165, 1.54) is 6.20 Å². The summed E-state index contributed by atoms with van der Waals surface area (Å²) in [4.78, 5) is 3.78. The molecule has 2 rings (SSSR count). The van der Waals surface area contributed by atoms with Gasteiger partial charge in [0.2, 0.25) is 0 Å². The number of nitrogens with zero attached hydrogens (tertiary/aromatic N) is 1. The molecule has 2 heterocycles. The van der Waals surface area contributed by atoms with Gasteiger partial charge in [-0.2, -0.15) is 0 Å². The zero-order chi connectivity index (χ0) is 10.9. The van der Waals surface area contributed by atoms with Crippen molar-refractivity contribution in [1.29, 1.82) is 0 Å². The van der Waals surface area contributed by atoms with Crippen molar-refractivity contribution in [1.82, 2.24) is 4.98 Å². The second-order valence-electron chi connectivity index (χ2n) is 3.79. The first-order valence-corrected chi connectivity index (χ1v) is 4.89. The van der Waals surface area contributed by atoms with Gasteiger partial charge in [-0.3, -0.25) is 0 Å². The standard InChI is InChI=1S/C11H9ClFNO/c1-11(6-15-7-11)3-2-8-5-14-10(12)4-9(8)13/h4-5H,6-7H2,1H3. The van der Waals surface area contributed by atoms with Gasteiger partial charge in [0.25, 0.3) is 0 Å². The van der Waals surface area contributed by atoms with E-state index in [-0.39, 0.29) is 16.1 Å². The summed E-state index contributed by atoms with van der Waals surface area (Å²) in [6.45, 7) is 3.18. The Bertz CT molecular complexity index is 446. The molecule has 0 aliphatic carbocycles. The van der Waals surface area contributed by atoms with Crippen LogP contribution in [0, 0.1) is 23.1 Å². The minimum atomic E-state index is -0.439. The predicted molar refractivity (Wildman–Crippen MR) is 55.0 cm³/mol. The molecule has 15 heavy (non-hydrogen) atoms. The highest BCUT2D eigenvalue weighted by molar-refractivity contribution is 6.29. The van der Waals surface area contributed by atoms with E-state index in [1.54, 1.807) is 0 Å². The molecule has 0 unspecified atom stereocenters. The van der Waals surface area contributed by atoms with Gasteiger partial charge in [0.15, 0.2) is 0 Å². The van der Waals surface area contributed by atoms with Gasteiger partial charge in [-0.05, 0) is 6.92 Å². The Balaban J connectivity index is 2.23. The van der Waals surface area contributed by atoms with Crippen LogP contribution in [0.2, 0.25) is 5.15 Å². The smallest absolute Gasteiger partial charge is 0.143 e. The van der Waals surface area contributed by atoms with Crippen LogP contribution < -0.4 is 0 Å². The van der Waals surface area contributed by atoms with Crippen LogP contribution in [0.1, 0.15) is 12.5 Å². The summed E-state index contributed by atoms with van der Waals surface area (Å²) in [5, 5.41) is 0.135. The van der Waals surface area contributed by atoms with Crippen molar-refractivity contribution in [3.8, 4) is 11.8 Å². The lowest BCUT2D eigenvalue weighted by Gasteiger charge is -2.32. The number of halogens is 2. The van der Waals surface area contributed by atoms with Crippen LogP contribution in [0.3, 0.4) is 0 Å². The molecule has 0 aromatic carbocycles. The van der Waals surface area contributed by atoms with Gasteiger partial charge in [-0.15, -0.1) is 0 Å². The van der Waals surface area contributed by atoms with Gasteiger partial charge in [-0.25, -0.2) is 9.37 Å². The first-order valence-electron chi connectivity index (χ1n) is 4.51. The monoisotopic (exact) mass is 225 g/mol. The summed E-state index contributed by atoms with van der Waals surface area (Å²) in [6, 6.07) is 1.16. The van der Waals surface area contributed by atoms with Crippen molar-refractivity contribution in [2.24, 2.45) is 5.41 Å². The third-order valence-corrected chi connectivity index (χ3v) is 2.37. The van der Waals surface area contributed by atoms with E-state index in [0.29, 0.717) is 13.2 Å². The summed E-state index contributed by atoms with van der Waals surface area (Å²) < 4.78 is 18.3. The number of rotatable bonds is 0. The Morgan fingerprint density at radius 1 is 1.60 bits per heavy atom. The molecule has 1 aliphatic rings. The Kier molecular flexibility index (Phi) is 2.64. The maximum Gasteiger partial charge on any atom is 0.143 e.